The Morgan fingerprint density at radius 2 is 2.06 bits per heavy atom. The molecule has 1 aliphatic heterocycles. The van der Waals surface area contributed by atoms with Crippen molar-refractivity contribution in [3.63, 3.8) is 0 Å². The van der Waals surface area contributed by atoms with Crippen molar-refractivity contribution in [2.75, 3.05) is 51.2 Å². The van der Waals surface area contributed by atoms with Crippen LogP contribution in [0.4, 0.5) is 5.82 Å². The first kappa shape index (κ1) is 12.3. The zero-order valence-corrected chi connectivity index (χ0v) is 10.6. The number of hydrogen-bond donors (Lipinski definition) is 1. The lowest BCUT2D eigenvalue weighted by atomic mass is 10.3. The summed E-state index contributed by atoms with van der Waals surface area (Å²) in [5, 5.41) is 3.19. The molecule has 0 spiro atoms. The standard InChI is InChI=1S/C13H22N4/c1-14-6-4-8-16-9-11-17(12-10-16)13-5-2-3-7-15-13/h2-3,5,7,14H,4,6,8-12H2,1H3. The van der Waals surface area contributed by atoms with Crippen LogP contribution in [0.5, 0.6) is 0 Å². The molecule has 4 nitrogen and oxygen atoms in total. The summed E-state index contributed by atoms with van der Waals surface area (Å²) in [6, 6.07) is 6.12. The van der Waals surface area contributed by atoms with Crippen molar-refractivity contribution in [1.82, 2.24) is 15.2 Å². The fourth-order valence-corrected chi connectivity index (χ4v) is 2.22. The second kappa shape index (κ2) is 6.57. The van der Waals surface area contributed by atoms with Gasteiger partial charge in [-0.3, -0.25) is 4.90 Å². The van der Waals surface area contributed by atoms with Crippen LogP contribution in [0.2, 0.25) is 0 Å². The van der Waals surface area contributed by atoms with Gasteiger partial charge >= 0.3 is 0 Å². The Kier molecular flexibility index (Phi) is 4.76. The predicted molar refractivity (Wildman–Crippen MR) is 71.4 cm³/mol. The SMILES string of the molecule is CNCCCN1CCN(c2ccccn2)CC1. The fourth-order valence-electron chi connectivity index (χ4n) is 2.22. The van der Waals surface area contributed by atoms with Crippen LogP contribution < -0.4 is 10.2 Å². The van der Waals surface area contributed by atoms with Crippen LogP contribution in [0, 0.1) is 0 Å². The number of aromatic nitrogens is 1. The number of nitrogens with zero attached hydrogens (tertiary/aromatic N) is 3. The van der Waals surface area contributed by atoms with Crippen molar-refractivity contribution in [1.29, 1.82) is 0 Å². The Morgan fingerprint density at radius 1 is 1.24 bits per heavy atom. The molecule has 1 saturated heterocycles. The minimum absolute atomic E-state index is 1.09. The van der Waals surface area contributed by atoms with E-state index < -0.39 is 0 Å². The highest BCUT2D eigenvalue weighted by Crippen LogP contribution is 2.12. The Labute approximate surface area is 104 Å². The molecule has 0 aliphatic carbocycles. The highest BCUT2D eigenvalue weighted by Gasteiger charge is 2.16. The minimum atomic E-state index is 1.09. The summed E-state index contributed by atoms with van der Waals surface area (Å²) >= 11 is 0. The third-order valence-corrected chi connectivity index (χ3v) is 3.25. The quantitative estimate of drug-likeness (QED) is 0.764. The molecule has 1 fully saturated rings. The molecule has 2 rings (SSSR count). The molecule has 1 aromatic heterocycles. The molecule has 1 aromatic rings. The first-order valence-electron chi connectivity index (χ1n) is 6.43. The van der Waals surface area contributed by atoms with Crippen LogP contribution in [-0.4, -0.2) is 56.2 Å². The Balaban J connectivity index is 1.74. The third kappa shape index (κ3) is 3.68. The van der Waals surface area contributed by atoms with Gasteiger partial charge in [0.15, 0.2) is 0 Å². The van der Waals surface area contributed by atoms with Gasteiger partial charge in [0.2, 0.25) is 0 Å². The van der Waals surface area contributed by atoms with Gasteiger partial charge in [0.05, 0.1) is 0 Å². The average Bonchev–Trinajstić information content (AvgIpc) is 2.41. The van der Waals surface area contributed by atoms with Gasteiger partial charge in [0.25, 0.3) is 0 Å². The zero-order valence-electron chi connectivity index (χ0n) is 10.6. The van der Waals surface area contributed by atoms with Crippen molar-refractivity contribution in [2.24, 2.45) is 0 Å². The van der Waals surface area contributed by atoms with Crippen molar-refractivity contribution in [3.8, 4) is 0 Å². The normalized spacial score (nSPS) is 17.4. The van der Waals surface area contributed by atoms with Crippen LogP contribution >= 0.6 is 0 Å². The van der Waals surface area contributed by atoms with Crippen LogP contribution in [0.1, 0.15) is 6.42 Å². The fraction of sp³-hybridized carbons (Fsp3) is 0.615. The van der Waals surface area contributed by atoms with Gasteiger partial charge in [-0.1, -0.05) is 6.07 Å². The molecule has 4 heteroatoms. The smallest absolute Gasteiger partial charge is 0.128 e. The molecule has 2 heterocycles. The van der Waals surface area contributed by atoms with Gasteiger partial charge in [-0.15, -0.1) is 0 Å². The number of nitrogens with one attached hydrogen (secondary N) is 1. The molecule has 0 radical (unpaired) electrons. The average molecular weight is 234 g/mol. The van der Waals surface area contributed by atoms with Crippen molar-refractivity contribution in [2.45, 2.75) is 6.42 Å². The molecule has 0 saturated carbocycles. The first-order valence-corrected chi connectivity index (χ1v) is 6.43. The highest BCUT2D eigenvalue weighted by molar-refractivity contribution is 5.38. The van der Waals surface area contributed by atoms with Crippen LogP contribution in [-0.2, 0) is 0 Å². The van der Waals surface area contributed by atoms with Gasteiger partial charge in [0.1, 0.15) is 5.82 Å². The van der Waals surface area contributed by atoms with Crippen LogP contribution in [0.25, 0.3) is 0 Å². The molecule has 0 aromatic carbocycles. The number of anilines is 1. The lowest BCUT2D eigenvalue weighted by molar-refractivity contribution is 0.254. The predicted octanol–water partition coefficient (Wildman–Crippen LogP) is 0.813. The molecule has 17 heavy (non-hydrogen) atoms. The van der Waals surface area contributed by atoms with E-state index in [1.165, 1.54) is 13.0 Å². The lowest BCUT2D eigenvalue weighted by Crippen LogP contribution is -2.47. The summed E-state index contributed by atoms with van der Waals surface area (Å²) in [5.41, 5.74) is 0. The van der Waals surface area contributed by atoms with Crippen LogP contribution in [0.3, 0.4) is 0 Å². The maximum atomic E-state index is 4.40. The van der Waals surface area contributed by atoms with Gasteiger partial charge in [-0.25, -0.2) is 4.98 Å². The minimum Gasteiger partial charge on any atom is -0.354 e. The van der Waals surface area contributed by atoms with Gasteiger partial charge < -0.3 is 10.2 Å². The largest absolute Gasteiger partial charge is 0.354 e. The summed E-state index contributed by atoms with van der Waals surface area (Å²) in [5.74, 6) is 1.11. The van der Waals surface area contributed by atoms with Crippen LogP contribution in [0.15, 0.2) is 24.4 Å². The number of piperazine rings is 1. The maximum Gasteiger partial charge on any atom is 0.128 e. The maximum absolute atomic E-state index is 4.40. The molecule has 0 atom stereocenters. The van der Waals surface area contributed by atoms with Gasteiger partial charge in [0, 0.05) is 32.4 Å². The molecule has 94 valence electrons. The Hall–Kier alpha value is -1.13. The number of hydrogen-bond acceptors (Lipinski definition) is 4. The molecule has 1 N–H and O–H groups in total. The van der Waals surface area contributed by atoms with E-state index in [2.05, 4.69) is 32.2 Å². The van der Waals surface area contributed by atoms with E-state index in [0.717, 1.165) is 38.5 Å². The van der Waals surface area contributed by atoms with E-state index in [1.807, 2.05) is 19.3 Å². The van der Waals surface area contributed by atoms with E-state index in [0.29, 0.717) is 0 Å². The van der Waals surface area contributed by atoms with Gasteiger partial charge in [-0.05, 0) is 38.7 Å². The lowest BCUT2D eigenvalue weighted by Gasteiger charge is -2.35. The first-order chi connectivity index (χ1) is 8.40. The van der Waals surface area contributed by atoms with Crippen molar-refractivity contribution in [3.05, 3.63) is 24.4 Å². The zero-order chi connectivity index (χ0) is 11.9. The summed E-state index contributed by atoms with van der Waals surface area (Å²) in [4.78, 5) is 9.31. The molecule has 1 aliphatic rings. The molecular weight excluding hydrogens is 212 g/mol. The summed E-state index contributed by atoms with van der Waals surface area (Å²) in [6.07, 6.45) is 3.11. The second-order valence-corrected chi connectivity index (χ2v) is 4.47. The summed E-state index contributed by atoms with van der Waals surface area (Å²) in [7, 11) is 2.01. The molecule has 0 amide bonds. The number of pyridine rings is 1. The number of rotatable bonds is 5. The van der Waals surface area contributed by atoms with Gasteiger partial charge in [-0.2, -0.15) is 0 Å². The summed E-state index contributed by atoms with van der Waals surface area (Å²) < 4.78 is 0. The van der Waals surface area contributed by atoms with E-state index in [9.17, 15) is 0 Å². The van der Waals surface area contributed by atoms with E-state index >= 15 is 0 Å². The Bertz CT molecular complexity index is 306. The highest BCUT2D eigenvalue weighted by atomic mass is 15.3. The van der Waals surface area contributed by atoms with E-state index in [4.69, 9.17) is 0 Å². The summed E-state index contributed by atoms with van der Waals surface area (Å²) in [6.45, 7) is 6.81. The Morgan fingerprint density at radius 3 is 2.71 bits per heavy atom. The second-order valence-electron chi connectivity index (χ2n) is 4.47. The third-order valence-electron chi connectivity index (χ3n) is 3.25. The monoisotopic (exact) mass is 234 g/mol. The van der Waals surface area contributed by atoms with Crippen molar-refractivity contribution >= 4 is 5.82 Å². The van der Waals surface area contributed by atoms with E-state index in [-0.39, 0.29) is 0 Å². The molecule has 0 unspecified atom stereocenters. The van der Waals surface area contributed by atoms with Crippen molar-refractivity contribution < 1.29 is 0 Å². The topological polar surface area (TPSA) is 31.4 Å². The molecular formula is C13H22N4. The van der Waals surface area contributed by atoms with E-state index in [1.54, 1.807) is 0 Å². The molecule has 0 bridgehead atoms.